The van der Waals surface area contributed by atoms with E-state index in [1.165, 1.54) is 5.56 Å². The number of H-pyrrole nitrogens is 1. The summed E-state index contributed by atoms with van der Waals surface area (Å²) in [4.78, 5) is 31.7. The van der Waals surface area contributed by atoms with Gasteiger partial charge in [-0.15, -0.1) is 0 Å². The first kappa shape index (κ1) is 15.1. The van der Waals surface area contributed by atoms with Gasteiger partial charge in [-0.1, -0.05) is 11.6 Å². The van der Waals surface area contributed by atoms with Crippen molar-refractivity contribution in [2.75, 3.05) is 26.2 Å². The normalized spacial score (nSPS) is 21.4. The standard InChI is InChI=1S/C18H22N4O2/c1-12-4-5-15-13(9-12)10-16(20-15)17(23)21-7-2-3-14(11-21)22-8-6-19-18(22)24/h4-5,9-10,14,20H,2-3,6-8,11H2,1H3,(H,19,24)/t14-/m0/s1. The van der Waals surface area contributed by atoms with Gasteiger partial charge in [0.15, 0.2) is 0 Å². The fourth-order valence-electron chi connectivity index (χ4n) is 3.77. The number of hydrogen-bond donors (Lipinski definition) is 2. The van der Waals surface area contributed by atoms with Gasteiger partial charge in [-0.25, -0.2) is 4.79 Å². The molecule has 4 rings (SSSR count). The molecule has 3 amide bonds. The lowest BCUT2D eigenvalue weighted by atomic mass is 10.0. The summed E-state index contributed by atoms with van der Waals surface area (Å²) in [5.74, 6) is 0.0214. The van der Waals surface area contributed by atoms with Crippen LogP contribution in [-0.2, 0) is 0 Å². The van der Waals surface area contributed by atoms with Crippen LogP contribution in [0.4, 0.5) is 4.79 Å². The number of benzene rings is 1. The van der Waals surface area contributed by atoms with Crippen molar-refractivity contribution < 1.29 is 9.59 Å². The summed E-state index contributed by atoms with van der Waals surface area (Å²) in [7, 11) is 0. The molecule has 2 saturated heterocycles. The SMILES string of the molecule is Cc1ccc2[nH]c(C(=O)N3CCC[C@H](N4CCNC4=O)C3)cc2c1. The molecule has 6 nitrogen and oxygen atoms in total. The van der Waals surface area contributed by atoms with Gasteiger partial charge in [-0.05, 0) is 38.0 Å². The topological polar surface area (TPSA) is 68.4 Å². The zero-order chi connectivity index (χ0) is 16.7. The van der Waals surface area contributed by atoms with Crippen molar-refractivity contribution in [3.8, 4) is 0 Å². The minimum Gasteiger partial charge on any atom is -0.351 e. The molecule has 2 N–H and O–H groups in total. The second-order valence-corrected chi connectivity index (χ2v) is 6.75. The molecule has 0 spiro atoms. The number of nitrogens with zero attached hydrogens (tertiary/aromatic N) is 2. The molecule has 2 aliphatic heterocycles. The molecule has 2 aromatic rings. The van der Waals surface area contributed by atoms with Crippen LogP contribution in [0.3, 0.4) is 0 Å². The van der Waals surface area contributed by atoms with Crippen LogP contribution in [0.25, 0.3) is 10.9 Å². The van der Waals surface area contributed by atoms with Crippen molar-refractivity contribution in [3.63, 3.8) is 0 Å². The summed E-state index contributed by atoms with van der Waals surface area (Å²) >= 11 is 0. The van der Waals surface area contributed by atoms with Crippen molar-refractivity contribution in [1.29, 1.82) is 0 Å². The third-order valence-corrected chi connectivity index (χ3v) is 5.02. The molecule has 24 heavy (non-hydrogen) atoms. The smallest absolute Gasteiger partial charge is 0.317 e. The Morgan fingerprint density at radius 1 is 1.25 bits per heavy atom. The van der Waals surface area contributed by atoms with E-state index in [2.05, 4.69) is 16.4 Å². The van der Waals surface area contributed by atoms with Crippen LogP contribution in [0.2, 0.25) is 0 Å². The van der Waals surface area contributed by atoms with Crippen LogP contribution in [0.15, 0.2) is 24.3 Å². The number of aryl methyl sites for hydroxylation is 1. The maximum atomic E-state index is 12.9. The lowest BCUT2D eigenvalue weighted by Gasteiger charge is -2.36. The molecule has 0 saturated carbocycles. The van der Waals surface area contributed by atoms with Gasteiger partial charge in [0.05, 0.1) is 6.04 Å². The van der Waals surface area contributed by atoms with Crippen LogP contribution in [-0.4, -0.2) is 58.9 Å². The third-order valence-electron chi connectivity index (χ3n) is 5.02. The van der Waals surface area contributed by atoms with Crippen LogP contribution in [0.5, 0.6) is 0 Å². The molecule has 126 valence electrons. The predicted octanol–water partition coefficient (Wildman–Crippen LogP) is 2.11. The number of urea groups is 1. The number of nitrogens with one attached hydrogen (secondary N) is 2. The predicted molar refractivity (Wildman–Crippen MR) is 92.1 cm³/mol. The fourth-order valence-corrected chi connectivity index (χ4v) is 3.77. The molecule has 0 radical (unpaired) electrons. The molecule has 0 bridgehead atoms. The van der Waals surface area contributed by atoms with Gasteiger partial charge in [0.1, 0.15) is 5.69 Å². The Morgan fingerprint density at radius 3 is 2.92 bits per heavy atom. The second kappa shape index (κ2) is 5.85. The quantitative estimate of drug-likeness (QED) is 0.887. The number of amides is 3. The van der Waals surface area contributed by atoms with Crippen molar-refractivity contribution in [1.82, 2.24) is 20.1 Å². The van der Waals surface area contributed by atoms with E-state index in [1.807, 2.05) is 34.9 Å². The Balaban J connectivity index is 1.53. The highest BCUT2D eigenvalue weighted by atomic mass is 16.2. The van der Waals surface area contributed by atoms with Crippen molar-refractivity contribution in [3.05, 3.63) is 35.5 Å². The Morgan fingerprint density at radius 2 is 2.12 bits per heavy atom. The average Bonchev–Trinajstić information content (AvgIpc) is 3.20. The molecule has 1 atom stereocenters. The van der Waals surface area contributed by atoms with Gasteiger partial charge in [0.25, 0.3) is 5.91 Å². The number of carbonyl (C=O) groups excluding carboxylic acids is 2. The van der Waals surface area contributed by atoms with E-state index in [1.54, 1.807) is 0 Å². The van der Waals surface area contributed by atoms with Gasteiger partial charge in [-0.2, -0.15) is 0 Å². The van der Waals surface area contributed by atoms with Crippen molar-refractivity contribution in [2.24, 2.45) is 0 Å². The van der Waals surface area contributed by atoms with Gasteiger partial charge in [-0.3, -0.25) is 4.79 Å². The highest BCUT2D eigenvalue weighted by molar-refractivity contribution is 5.98. The molecule has 0 unspecified atom stereocenters. The van der Waals surface area contributed by atoms with E-state index in [9.17, 15) is 9.59 Å². The molecule has 2 aliphatic rings. The largest absolute Gasteiger partial charge is 0.351 e. The first-order chi connectivity index (χ1) is 11.6. The first-order valence-electron chi connectivity index (χ1n) is 8.55. The minimum atomic E-state index is -0.00427. The number of rotatable bonds is 2. The Labute approximate surface area is 140 Å². The lowest BCUT2D eigenvalue weighted by Crippen LogP contribution is -2.50. The van der Waals surface area contributed by atoms with E-state index < -0.39 is 0 Å². The van der Waals surface area contributed by atoms with Gasteiger partial charge in [0, 0.05) is 37.1 Å². The summed E-state index contributed by atoms with van der Waals surface area (Å²) in [5.41, 5.74) is 2.79. The van der Waals surface area contributed by atoms with E-state index in [4.69, 9.17) is 0 Å². The number of carbonyl (C=O) groups is 2. The van der Waals surface area contributed by atoms with E-state index in [0.29, 0.717) is 18.8 Å². The maximum absolute atomic E-state index is 12.9. The van der Waals surface area contributed by atoms with Gasteiger partial charge in [0.2, 0.25) is 0 Å². The van der Waals surface area contributed by atoms with E-state index in [-0.39, 0.29) is 18.0 Å². The molecule has 6 heteroatoms. The second-order valence-electron chi connectivity index (χ2n) is 6.75. The average molecular weight is 326 g/mol. The summed E-state index contributed by atoms with van der Waals surface area (Å²) < 4.78 is 0. The van der Waals surface area contributed by atoms with Crippen LogP contribution < -0.4 is 5.32 Å². The lowest BCUT2D eigenvalue weighted by molar-refractivity contribution is 0.0629. The summed E-state index contributed by atoms with van der Waals surface area (Å²) in [6.45, 7) is 4.84. The Bertz CT molecular complexity index is 797. The number of likely N-dealkylation sites (tertiary alicyclic amines) is 1. The number of piperidine rings is 1. The molecule has 0 aliphatic carbocycles. The number of aromatic nitrogens is 1. The first-order valence-corrected chi connectivity index (χ1v) is 8.55. The summed E-state index contributed by atoms with van der Waals surface area (Å²) in [6, 6.07) is 8.17. The van der Waals surface area contributed by atoms with Crippen LogP contribution >= 0.6 is 0 Å². The monoisotopic (exact) mass is 326 g/mol. The number of hydrogen-bond acceptors (Lipinski definition) is 2. The van der Waals surface area contributed by atoms with Gasteiger partial charge < -0.3 is 20.1 Å². The molecular formula is C18H22N4O2. The molecule has 1 aromatic carbocycles. The Hall–Kier alpha value is -2.50. The van der Waals surface area contributed by atoms with Crippen LogP contribution in [0, 0.1) is 6.92 Å². The van der Waals surface area contributed by atoms with Gasteiger partial charge >= 0.3 is 6.03 Å². The number of fused-ring (bicyclic) bond motifs is 1. The zero-order valence-corrected chi connectivity index (χ0v) is 13.8. The van der Waals surface area contributed by atoms with Crippen molar-refractivity contribution in [2.45, 2.75) is 25.8 Å². The minimum absolute atomic E-state index is 0.00427. The molecule has 1 aromatic heterocycles. The number of aromatic amines is 1. The zero-order valence-electron chi connectivity index (χ0n) is 13.8. The highest BCUT2D eigenvalue weighted by Gasteiger charge is 2.33. The summed E-state index contributed by atoms with van der Waals surface area (Å²) in [5, 5.41) is 3.90. The Kier molecular flexibility index (Phi) is 3.67. The van der Waals surface area contributed by atoms with Crippen molar-refractivity contribution >= 4 is 22.8 Å². The summed E-state index contributed by atoms with van der Waals surface area (Å²) in [6.07, 6.45) is 1.89. The molecular weight excluding hydrogens is 304 g/mol. The fraction of sp³-hybridized carbons (Fsp3) is 0.444. The molecule has 3 heterocycles. The van der Waals surface area contributed by atoms with E-state index >= 15 is 0 Å². The van der Waals surface area contributed by atoms with E-state index in [0.717, 1.165) is 36.8 Å². The highest BCUT2D eigenvalue weighted by Crippen LogP contribution is 2.22. The molecule has 2 fully saturated rings. The third kappa shape index (κ3) is 2.62. The van der Waals surface area contributed by atoms with Crippen LogP contribution in [0.1, 0.15) is 28.9 Å². The maximum Gasteiger partial charge on any atom is 0.317 e.